The monoisotopic (exact) mass is 487 g/mol. The summed E-state index contributed by atoms with van der Waals surface area (Å²) in [5.74, 6) is 0.683. The van der Waals surface area contributed by atoms with Gasteiger partial charge in [-0.3, -0.25) is 5.43 Å². The average molecular weight is 488 g/mol. The highest BCUT2D eigenvalue weighted by molar-refractivity contribution is 7.90. The Balaban J connectivity index is 1.42. The Kier molecular flexibility index (Phi) is 6.45. The fourth-order valence-electron chi connectivity index (χ4n) is 3.74. The molecule has 4 rings (SSSR count). The van der Waals surface area contributed by atoms with E-state index in [0.717, 1.165) is 18.2 Å². The van der Waals surface area contributed by atoms with Crippen LogP contribution in [0.15, 0.2) is 41.7 Å². The van der Waals surface area contributed by atoms with Gasteiger partial charge in [0.2, 0.25) is 0 Å². The fourth-order valence-corrected chi connectivity index (χ4v) is 4.37. The number of amides is 1. The van der Waals surface area contributed by atoms with Crippen molar-refractivity contribution in [2.75, 3.05) is 24.7 Å². The van der Waals surface area contributed by atoms with Gasteiger partial charge in [-0.1, -0.05) is 0 Å². The lowest BCUT2D eigenvalue weighted by Gasteiger charge is -2.33. The van der Waals surface area contributed by atoms with E-state index in [9.17, 15) is 13.2 Å². The third kappa shape index (κ3) is 5.62. The second-order valence-electron chi connectivity index (χ2n) is 9.30. The summed E-state index contributed by atoms with van der Waals surface area (Å²) < 4.78 is 30.4. The first-order chi connectivity index (χ1) is 16.0. The van der Waals surface area contributed by atoms with Crippen LogP contribution in [0.3, 0.4) is 0 Å². The summed E-state index contributed by atoms with van der Waals surface area (Å²) in [6.07, 6.45) is 5.52. The van der Waals surface area contributed by atoms with Crippen LogP contribution in [0, 0.1) is 0 Å². The van der Waals surface area contributed by atoms with Gasteiger partial charge in [-0.05, 0) is 57.9 Å². The number of anilines is 1. The molecule has 3 heterocycles. The number of nitrogens with one attached hydrogen (secondary N) is 2. The number of hydrogen-bond acceptors (Lipinski definition) is 9. The number of piperidine rings is 1. The molecule has 0 radical (unpaired) electrons. The van der Waals surface area contributed by atoms with E-state index in [0.29, 0.717) is 30.2 Å². The zero-order valence-corrected chi connectivity index (χ0v) is 20.5. The van der Waals surface area contributed by atoms with Gasteiger partial charge in [0.05, 0.1) is 22.2 Å². The summed E-state index contributed by atoms with van der Waals surface area (Å²) in [6.45, 7) is 6.85. The highest BCUT2D eigenvalue weighted by Crippen LogP contribution is 2.24. The number of fused-ring (bicyclic) bond motifs is 1. The Hall–Kier alpha value is -3.25. The van der Waals surface area contributed by atoms with Gasteiger partial charge in [-0.25, -0.2) is 32.9 Å². The number of hydrazine groups is 1. The maximum Gasteiger partial charge on any atom is 0.422 e. The molecule has 1 amide bonds. The lowest BCUT2D eigenvalue weighted by Crippen LogP contribution is -2.50. The number of aromatic nitrogens is 4. The molecule has 1 aliphatic heterocycles. The molecule has 1 fully saturated rings. The number of nitrogens with zero attached hydrogens (tertiary/aromatic N) is 5. The van der Waals surface area contributed by atoms with Gasteiger partial charge >= 0.3 is 6.09 Å². The lowest BCUT2D eigenvalue weighted by molar-refractivity contribution is 0.0292. The molecule has 0 unspecified atom stereocenters. The van der Waals surface area contributed by atoms with E-state index >= 15 is 0 Å². The summed E-state index contributed by atoms with van der Waals surface area (Å²) in [5, 5.41) is 10.5. The van der Waals surface area contributed by atoms with Crippen LogP contribution in [0.5, 0.6) is 0 Å². The minimum absolute atomic E-state index is 0.173. The van der Waals surface area contributed by atoms with Gasteiger partial charge in [0.15, 0.2) is 15.5 Å². The van der Waals surface area contributed by atoms with Crippen molar-refractivity contribution in [1.29, 1.82) is 0 Å². The first kappa shape index (κ1) is 23.9. The molecule has 1 aromatic carbocycles. The van der Waals surface area contributed by atoms with Crippen molar-refractivity contribution in [1.82, 2.24) is 30.2 Å². The van der Waals surface area contributed by atoms with Crippen LogP contribution in [-0.4, -0.2) is 70.3 Å². The number of rotatable bonds is 5. The molecular formula is C22H29N7O4S. The molecule has 0 aliphatic carbocycles. The van der Waals surface area contributed by atoms with Gasteiger partial charge in [0.1, 0.15) is 17.7 Å². The Morgan fingerprint density at radius 1 is 1.12 bits per heavy atom. The van der Waals surface area contributed by atoms with Crippen LogP contribution >= 0.6 is 0 Å². The largest absolute Gasteiger partial charge is 0.443 e. The van der Waals surface area contributed by atoms with Gasteiger partial charge in [0.25, 0.3) is 0 Å². The quantitative estimate of drug-likeness (QED) is 0.557. The molecule has 11 nitrogen and oxygen atoms in total. The Morgan fingerprint density at radius 2 is 1.79 bits per heavy atom. The van der Waals surface area contributed by atoms with E-state index in [-0.39, 0.29) is 10.9 Å². The number of benzene rings is 1. The number of carbonyl (C=O) groups excluding carboxylic acids is 1. The molecule has 2 N–H and O–H groups in total. The van der Waals surface area contributed by atoms with Crippen LogP contribution in [0.25, 0.3) is 16.7 Å². The van der Waals surface area contributed by atoms with E-state index in [1.165, 1.54) is 12.6 Å². The first-order valence-corrected chi connectivity index (χ1v) is 12.9. The van der Waals surface area contributed by atoms with Crippen LogP contribution < -0.4 is 10.7 Å². The van der Waals surface area contributed by atoms with Crippen molar-refractivity contribution in [2.24, 2.45) is 0 Å². The van der Waals surface area contributed by atoms with Crippen molar-refractivity contribution in [3.63, 3.8) is 0 Å². The predicted molar refractivity (Wildman–Crippen MR) is 127 cm³/mol. The first-order valence-electron chi connectivity index (χ1n) is 11.0. The minimum atomic E-state index is -3.27. The van der Waals surface area contributed by atoms with Crippen LogP contribution in [0.1, 0.15) is 33.6 Å². The van der Waals surface area contributed by atoms with Gasteiger partial charge < -0.3 is 10.1 Å². The predicted octanol–water partition coefficient (Wildman–Crippen LogP) is 2.54. The third-order valence-electron chi connectivity index (χ3n) is 5.36. The topological polar surface area (TPSA) is 131 Å². The van der Waals surface area contributed by atoms with Crippen molar-refractivity contribution < 1.29 is 17.9 Å². The fraction of sp³-hybridized carbons (Fsp3) is 0.455. The number of sulfone groups is 1. The Labute approximate surface area is 198 Å². The Bertz CT molecular complexity index is 1270. The molecule has 2 aromatic heterocycles. The summed E-state index contributed by atoms with van der Waals surface area (Å²) >= 11 is 0. The molecule has 0 atom stereocenters. The van der Waals surface area contributed by atoms with Gasteiger partial charge in [-0.2, -0.15) is 5.10 Å². The molecule has 3 aromatic rings. The second-order valence-corrected chi connectivity index (χ2v) is 11.3. The Morgan fingerprint density at radius 3 is 2.41 bits per heavy atom. The highest BCUT2D eigenvalue weighted by Gasteiger charge is 2.24. The third-order valence-corrected chi connectivity index (χ3v) is 6.49. The van der Waals surface area contributed by atoms with Crippen molar-refractivity contribution in [2.45, 2.75) is 50.2 Å². The molecule has 1 saturated heterocycles. The molecule has 0 bridgehead atoms. The van der Waals surface area contributed by atoms with E-state index < -0.39 is 21.5 Å². The summed E-state index contributed by atoms with van der Waals surface area (Å²) in [4.78, 5) is 21.0. The molecule has 12 heteroatoms. The lowest BCUT2D eigenvalue weighted by atomic mass is 10.1. The minimum Gasteiger partial charge on any atom is -0.443 e. The molecule has 0 saturated carbocycles. The van der Waals surface area contributed by atoms with E-state index in [2.05, 4.69) is 25.8 Å². The number of hydrogen-bond donors (Lipinski definition) is 2. The van der Waals surface area contributed by atoms with E-state index in [4.69, 9.17) is 4.74 Å². The second kappa shape index (κ2) is 9.18. The molecule has 1 aliphatic rings. The SMILES string of the molecule is CC(C)(C)OC(=O)NN1CCC(Nc2ncnc3c2cnn3-c2ccc(S(C)(=O)=O)cc2)CC1. The van der Waals surface area contributed by atoms with Crippen molar-refractivity contribution >= 4 is 32.8 Å². The van der Waals surface area contributed by atoms with Crippen molar-refractivity contribution in [3.05, 3.63) is 36.8 Å². The van der Waals surface area contributed by atoms with E-state index in [1.807, 2.05) is 25.8 Å². The molecule has 0 spiro atoms. The van der Waals surface area contributed by atoms with Gasteiger partial charge in [-0.15, -0.1) is 0 Å². The van der Waals surface area contributed by atoms with Crippen molar-refractivity contribution in [3.8, 4) is 5.69 Å². The number of carbonyl (C=O) groups is 1. The normalized spacial score (nSPS) is 15.9. The molecular weight excluding hydrogens is 458 g/mol. The maximum absolute atomic E-state index is 12.0. The summed E-state index contributed by atoms with van der Waals surface area (Å²) in [6, 6.07) is 6.68. The summed E-state index contributed by atoms with van der Waals surface area (Å²) in [5.41, 5.74) is 3.57. The maximum atomic E-state index is 12.0. The number of ether oxygens (including phenoxy) is 1. The smallest absolute Gasteiger partial charge is 0.422 e. The molecule has 34 heavy (non-hydrogen) atoms. The molecule has 182 valence electrons. The standard InChI is InChI=1S/C22H29N7O4S/c1-22(2,3)33-21(30)27-28-11-9-15(10-12-28)26-19-18-13-25-29(20(18)24-14-23-19)16-5-7-17(8-6-16)34(4,31)32/h5-8,13-15H,9-12H2,1-4H3,(H,27,30)(H,23,24,26). The highest BCUT2D eigenvalue weighted by atomic mass is 32.2. The van der Waals surface area contributed by atoms with Crippen LogP contribution in [0.4, 0.5) is 10.6 Å². The zero-order valence-electron chi connectivity index (χ0n) is 19.6. The van der Waals surface area contributed by atoms with Crippen LogP contribution in [0.2, 0.25) is 0 Å². The summed E-state index contributed by atoms with van der Waals surface area (Å²) in [7, 11) is -3.27. The van der Waals surface area contributed by atoms with Gasteiger partial charge in [0, 0.05) is 25.4 Å². The van der Waals surface area contributed by atoms with Crippen LogP contribution in [-0.2, 0) is 14.6 Å². The van der Waals surface area contributed by atoms with E-state index in [1.54, 1.807) is 35.1 Å². The zero-order chi connectivity index (χ0) is 24.5. The average Bonchev–Trinajstić information content (AvgIpc) is 3.18.